The Hall–Kier alpha value is -3.98. The van der Waals surface area contributed by atoms with Crippen LogP contribution in [-0.2, 0) is 10.8 Å². The van der Waals surface area contributed by atoms with Gasteiger partial charge in [-0.1, -0.05) is 205 Å². The number of allylic oxidation sites excluding steroid dienone is 10. The molecule has 0 saturated carbocycles. The zero-order valence-corrected chi connectivity index (χ0v) is 41.2. The number of nitrogens with zero attached hydrogens (tertiary/aromatic N) is 2. The first-order chi connectivity index (χ1) is 29.7. The van der Waals surface area contributed by atoms with Gasteiger partial charge in [-0.25, -0.2) is 0 Å². The Kier molecular flexibility index (Phi) is 10.1. The van der Waals surface area contributed by atoms with E-state index in [-0.39, 0.29) is 33.1 Å². The zero-order valence-electron chi connectivity index (χ0n) is 41.2. The van der Waals surface area contributed by atoms with Crippen LogP contribution in [0.1, 0.15) is 151 Å². The molecule has 0 amide bonds. The molecule has 0 radical (unpaired) electrons. The van der Waals surface area contributed by atoms with Gasteiger partial charge in [0.1, 0.15) is 0 Å². The van der Waals surface area contributed by atoms with Gasteiger partial charge in [0.15, 0.2) is 0 Å². The lowest BCUT2D eigenvalue weighted by atomic mass is 9.26. The van der Waals surface area contributed by atoms with Crippen LogP contribution in [0.3, 0.4) is 0 Å². The molecule has 63 heavy (non-hydrogen) atoms. The topological polar surface area (TPSA) is 6.48 Å². The molecule has 2 aromatic carbocycles. The van der Waals surface area contributed by atoms with E-state index in [4.69, 9.17) is 0 Å². The molecule has 0 bridgehead atoms. The predicted molar refractivity (Wildman–Crippen MR) is 271 cm³/mol. The second kappa shape index (κ2) is 14.8. The number of hydrogen-bond acceptors (Lipinski definition) is 2. The number of anilines is 1. The first-order valence-corrected chi connectivity index (χ1v) is 25.1. The van der Waals surface area contributed by atoms with Crippen molar-refractivity contribution in [2.75, 3.05) is 4.90 Å². The van der Waals surface area contributed by atoms with E-state index < -0.39 is 0 Å². The van der Waals surface area contributed by atoms with Crippen molar-refractivity contribution in [1.82, 2.24) is 4.90 Å². The van der Waals surface area contributed by atoms with Gasteiger partial charge in [0.05, 0.1) is 12.1 Å². The van der Waals surface area contributed by atoms with Crippen molar-refractivity contribution in [2.24, 2.45) is 34.0 Å². The minimum atomic E-state index is -0.0126. The van der Waals surface area contributed by atoms with E-state index in [0.29, 0.717) is 48.3 Å². The molecule has 0 N–H and O–H groups in total. The Morgan fingerprint density at radius 1 is 0.667 bits per heavy atom. The molecule has 2 aromatic rings. The van der Waals surface area contributed by atoms with Crippen molar-refractivity contribution in [3.8, 4) is 0 Å². The van der Waals surface area contributed by atoms with Crippen LogP contribution in [-0.4, -0.2) is 29.7 Å². The van der Waals surface area contributed by atoms with Crippen LogP contribution in [0.15, 0.2) is 137 Å². The van der Waals surface area contributed by atoms with E-state index in [1.165, 1.54) is 40.8 Å². The van der Waals surface area contributed by atoms with Crippen LogP contribution in [0.4, 0.5) is 5.69 Å². The van der Waals surface area contributed by atoms with Crippen molar-refractivity contribution in [3.05, 3.63) is 154 Å². The molecule has 0 aromatic heterocycles. The molecule has 9 unspecified atom stereocenters. The largest absolute Gasteiger partial charge is 0.362 e. The molecule has 0 spiro atoms. The monoisotopic (exact) mass is 837 g/mol. The van der Waals surface area contributed by atoms with Gasteiger partial charge in [-0.15, -0.1) is 0 Å². The summed E-state index contributed by atoms with van der Waals surface area (Å²) in [4.78, 5) is 5.98. The first-order valence-electron chi connectivity index (χ1n) is 25.1. The Balaban J connectivity index is 1.26. The highest BCUT2D eigenvalue weighted by Gasteiger charge is 2.61. The number of rotatable bonds is 4. The van der Waals surface area contributed by atoms with Gasteiger partial charge < -0.3 is 9.80 Å². The van der Waals surface area contributed by atoms with E-state index in [2.05, 4.69) is 209 Å². The molecule has 3 heteroatoms. The summed E-state index contributed by atoms with van der Waals surface area (Å²) in [5.74, 6) is 2.13. The molecule has 1 saturated heterocycles. The number of fused-ring (bicyclic) bond motifs is 7. The average Bonchev–Trinajstić information content (AvgIpc) is 3.58. The molecule has 5 aliphatic carbocycles. The highest BCUT2D eigenvalue weighted by Crippen LogP contribution is 2.62. The van der Waals surface area contributed by atoms with Crippen molar-refractivity contribution >= 4 is 17.9 Å². The summed E-state index contributed by atoms with van der Waals surface area (Å²) in [6.45, 7) is 32.0. The third kappa shape index (κ3) is 6.94. The minimum Gasteiger partial charge on any atom is -0.362 e. The van der Waals surface area contributed by atoms with Crippen LogP contribution < -0.4 is 10.4 Å². The number of benzene rings is 2. The second-order valence-electron chi connectivity index (χ2n) is 25.4. The van der Waals surface area contributed by atoms with Gasteiger partial charge in [0, 0.05) is 40.3 Å². The highest BCUT2D eigenvalue weighted by molar-refractivity contribution is 6.85. The lowest BCUT2D eigenvalue weighted by molar-refractivity contribution is 0.123. The van der Waals surface area contributed by atoms with Crippen LogP contribution in [0.2, 0.25) is 5.82 Å². The fourth-order valence-electron chi connectivity index (χ4n) is 13.6. The highest BCUT2D eigenvalue weighted by atomic mass is 15.3. The smallest absolute Gasteiger partial charge is 0.225 e. The van der Waals surface area contributed by atoms with Gasteiger partial charge in [-0.05, 0) is 111 Å². The van der Waals surface area contributed by atoms with Gasteiger partial charge in [-0.2, -0.15) is 0 Å². The van der Waals surface area contributed by atoms with E-state index >= 15 is 0 Å². The summed E-state index contributed by atoms with van der Waals surface area (Å²) in [6, 6.07) is 18.1. The third-order valence-corrected chi connectivity index (χ3v) is 17.5. The molecular weight excluding hydrogens is 759 g/mol. The number of hydrogen-bond donors (Lipinski definition) is 0. The molecule has 9 atom stereocenters. The molecule has 330 valence electrons. The Bertz CT molecular complexity index is 2420. The maximum Gasteiger partial charge on any atom is 0.225 e. The normalized spacial score (nSPS) is 30.9. The van der Waals surface area contributed by atoms with Crippen LogP contribution >= 0.6 is 0 Å². The van der Waals surface area contributed by atoms with Crippen LogP contribution in [0, 0.1) is 34.0 Å². The summed E-state index contributed by atoms with van der Waals surface area (Å²) in [5.41, 5.74) is 15.8. The summed E-state index contributed by atoms with van der Waals surface area (Å²) in [6.07, 6.45) is 35.8. The zero-order chi connectivity index (χ0) is 44.6. The van der Waals surface area contributed by atoms with Crippen LogP contribution in [0.25, 0.3) is 0 Å². The Morgan fingerprint density at radius 2 is 1.40 bits per heavy atom. The quantitative estimate of drug-likeness (QED) is 0.224. The standard InChI is InChI=1S/C60H77BN2/c1-56(2,3)38-24-28-45(29-25-38)62-51-31-27-42(58(7,8)9)34-48(51)61-49-35-43(59(10,11)12)33-47-46-32-41(57(4,5)6)26-30-50(46)63(55(47)49)53-37-44(36-52(62)54(53)61)60(13,39-20-16-14-17-21-39)40-22-18-15-19-23-40/h14-18,20-21,24-26,28,30-35,37,40,42,44-46,50,52,54H,19,22-23,27,29,36H2,1-13H3. The SMILES string of the molecule is CC(C)(C)C1=CCC(N2C3=CCC(C(C)(C)C)C=C3B3c4cc(C(C)(C)C)cc5c4N(C4=CC(C(C)(c6ccccc6)C6CC=CCC6)CC2C34)C2C=CC(C(C)(C)C)=CC52)C=C1. The van der Waals surface area contributed by atoms with Crippen molar-refractivity contribution in [2.45, 2.75) is 169 Å². The van der Waals surface area contributed by atoms with E-state index in [1.54, 1.807) is 27.9 Å². The van der Waals surface area contributed by atoms with E-state index in [9.17, 15) is 0 Å². The first kappa shape index (κ1) is 42.9. The van der Waals surface area contributed by atoms with Crippen molar-refractivity contribution in [3.63, 3.8) is 0 Å². The van der Waals surface area contributed by atoms with Crippen molar-refractivity contribution in [1.29, 1.82) is 0 Å². The van der Waals surface area contributed by atoms with Gasteiger partial charge >= 0.3 is 0 Å². The second-order valence-corrected chi connectivity index (χ2v) is 25.4. The predicted octanol–water partition coefficient (Wildman–Crippen LogP) is 14.5. The van der Waals surface area contributed by atoms with E-state index in [1.807, 2.05) is 0 Å². The average molecular weight is 837 g/mol. The third-order valence-electron chi connectivity index (χ3n) is 17.5. The molecule has 3 aliphatic heterocycles. The lowest BCUT2D eigenvalue weighted by Gasteiger charge is -2.60. The van der Waals surface area contributed by atoms with Gasteiger partial charge in [0.2, 0.25) is 6.71 Å². The Morgan fingerprint density at radius 3 is 2.03 bits per heavy atom. The molecule has 1 fully saturated rings. The maximum atomic E-state index is 3.03. The fraction of sp³-hybridized carbons (Fsp3) is 0.533. The van der Waals surface area contributed by atoms with E-state index in [0.717, 1.165) is 25.7 Å². The summed E-state index contributed by atoms with van der Waals surface area (Å²) < 4.78 is 0. The van der Waals surface area contributed by atoms with Gasteiger partial charge in [0.25, 0.3) is 0 Å². The summed E-state index contributed by atoms with van der Waals surface area (Å²) in [5, 5.41) is 0. The molecule has 8 aliphatic rings. The van der Waals surface area contributed by atoms with Crippen molar-refractivity contribution < 1.29 is 0 Å². The molecule has 10 rings (SSSR count). The minimum absolute atomic E-state index is 0.0126. The fourth-order valence-corrected chi connectivity index (χ4v) is 13.6. The lowest BCUT2D eigenvalue weighted by Crippen LogP contribution is -2.65. The Labute approximate surface area is 383 Å². The molecular formula is C60H77BN2. The summed E-state index contributed by atoms with van der Waals surface area (Å²) >= 11 is 0. The van der Waals surface area contributed by atoms with Gasteiger partial charge in [-0.3, -0.25) is 0 Å². The van der Waals surface area contributed by atoms with Crippen LogP contribution in [0.5, 0.6) is 0 Å². The maximum absolute atomic E-state index is 3.03. The molecule has 3 heterocycles. The molecule has 2 nitrogen and oxygen atoms in total. The summed E-state index contributed by atoms with van der Waals surface area (Å²) in [7, 11) is 0.